The van der Waals surface area contributed by atoms with Crippen molar-refractivity contribution >= 4 is 10.0 Å². The normalized spacial score (nSPS) is 14.3. The molecular formula is C22H36N3O5S+. The van der Waals surface area contributed by atoms with Gasteiger partial charge in [0.05, 0.1) is 4.91 Å². The van der Waals surface area contributed by atoms with E-state index in [0.29, 0.717) is 13.0 Å². The molecule has 0 aromatic heterocycles. The molecule has 0 saturated heterocycles. The van der Waals surface area contributed by atoms with E-state index in [4.69, 9.17) is 10.1 Å². The molecule has 4 N–H and O–H groups in total. The predicted octanol–water partition coefficient (Wildman–Crippen LogP) is 2.03. The third-order valence-corrected chi connectivity index (χ3v) is 5.94. The molecule has 0 aliphatic carbocycles. The fraction of sp³-hybridized carbons (Fsp3) is 0.455. The van der Waals surface area contributed by atoms with Crippen molar-refractivity contribution in [2.45, 2.75) is 39.3 Å². The predicted molar refractivity (Wildman–Crippen MR) is 124 cm³/mol. The molecule has 9 heteroatoms. The van der Waals surface area contributed by atoms with Crippen LogP contribution in [0.3, 0.4) is 0 Å². The lowest BCUT2D eigenvalue weighted by Gasteiger charge is -2.28. The van der Waals surface area contributed by atoms with Gasteiger partial charge in [-0.05, 0) is 30.6 Å². The average Bonchev–Trinajstić information content (AvgIpc) is 2.67. The lowest BCUT2D eigenvalue weighted by atomic mass is 10.0. The third-order valence-electron chi connectivity index (χ3n) is 4.10. The van der Waals surface area contributed by atoms with E-state index in [-0.39, 0.29) is 23.4 Å². The molecular weight excluding hydrogens is 418 g/mol. The molecule has 0 bridgehead atoms. The number of aliphatic hydroxyl groups is 1. The second-order valence-electron chi connectivity index (χ2n) is 7.48. The first-order valence-corrected chi connectivity index (χ1v) is 11.5. The summed E-state index contributed by atoms with van der Waals surface area (Å²) in [5.74, 6) is 0.125. The van der Waals surface area contributed by atoms with E-state index >= 15 is 0 Å². The molecule has 0 fully saturated rings. The minimum Gasteiger partial charge on any atom is -0.386 e. The van der Waals surface area contributed by atoms with Crippen molar-refractivity contribution in [2.75, 3.05) is 20.1 Å². The van der Waals surface area contributed by atoms with E-state index in [9.17, 15) is 13.5 Å². The largest absolute Gasteiger partial charge is 0.386 e. The van der Waals surface area contributed by atoms with Crippen LogP contribution in [0.5, 0.6) is 0 Å². The van der Waals surface area contributed by atoms with Crippen LogP contribution in [0.15, 0.2) is 66.1 Å². The number of rotatable bonds is 11. The van der Waals surface area contributed by atoms with Crippen molar-refractivity contribution in [3.05, 3.63) is 81.8 Å². The molecule has 8 nitrogen and oxygen atoms in total. The number of nitro groups is 1. The Kier molecular flexibility index (Phi) is 13.5. The van der Waals surface area contributed by atoms with Gasteiger partial charge in [0.15, 0.2) is 7.05 Å². The van der Waals surface area contributed by atoms with Crippen LogP contribution in [-0.4, -0.2) is 55.0 Å². The molecule has 0 unspecified atom stereocenters. The summed E-state index contributed by atoms with van der Waals surface area (Å²) in [6.45, 7) is 9.60. The smallest absolute Gasteiger partial charge is 0.243 e. The molecule has 0 saturated carbocycles. The van der Waals surface area contributed by atoms with Gasteiger partial charge in [-0.1, -0.05) is 62.9 Å². The third kappa shape index (κ3) is 11.6. The first-order chi connectivity index (χ1) is 14.4. The van der Waals surface area contributed by atoms with Crippen molar-refractivity contribution in [2.24, 2.45) is 5.92 Å². The summed E-state index contributed by atoms with van der Waals surface area (Å²) >= 11 is 0. The maximum Gasteiger partial charge on any atom is 0.243 e. The average molecular weight is 455 g/mol. The van der Waals surface area contributed by atoms with Crippen molar-refractivity contribution < 1.29 is 24.2 Å². The van der Waals surface area contributed by atoms with Crippen molar-refractivity contribution in [3.8, 4) is 0 Å². The highest BCUT2D eigenvalue weighted by Crippen LogP contribution is 2.18. The van der Waals surface area contributed by atoms with E-state index in [1.807, 2.05) is 44.2 Å². The fourth-order valence-electron chi connectivity index (χ4n) is 2.75. The molecule has 0 radical (unpaired) electrons. The molecule has 0 amide bonds. The van der Waals surface area contributed by atoms with Crippen LogP contribution in [0, 0.1) is 16.0 Å². The van der Waals surface area contributed by atoms with Gasteiger partial charge in [-0.25, -0.2) is 8.42 Å². The zero-order valence-corrected chi connectivity index (χ0v) is 19.7. The standard InChI is InChI=1S/C21H32N2O3S.CH3NO2/c1-5-10-19(11-6-2)27(25,26)23(15-17(3)4)16-21(24)20(22)14-18-12-8-7-9-13-18;1-2(3)4/h5-13,17,20-21,24H,1,14-16,22H2,2-4H3;1H3/p+1/b11-6-,19-10+;/t20-,21+;/m0./s1. The van der Waals surface area contributed by atoms with Crippen LogP contribution >= 0.6 is 0 Å². The van der Waals surface area contributed by atoms with E-state index in [1.165, 1.54) is 16.5 Å². The van der Waals surface area contributed by atoms with E-state index in [2.05, 4.69) is 12.3 Å². The summed E-state index contributed by atoms with van der Waals surface area (Å²) in [7, 11) is -2.85. The molecule has 31 heavy (non-hydrogen) atoms. The van der Waals surface area contributed by atoms with Gasteiger partial charge in [-0.15, -0.1) is 0 Å². The quantitative estimate of drug-likeness (QED) is 0.300. The molecule has 1 aromatic carbocycles. The summed E-state index contributed by atoms with van der Waals surface area (Å²) in [5.41, 5.74) is 5.11. The van der Waals surface area contributed by atoms with E-state index < -0.39 is 21.1 Å². The van der Waals surface area contributed by atoms with Crippen LogP contribution in [0.1, 0.15) is 26.3 Å². The van der Waals surface area contributed by atoms with E-state index in [1.54, 1.807) is 19.1 Å². The first kappa shape index (κ1) is 28.7. The molecule has 1 aromatic rings. The van der Waals surface area contributed by atoms with Gasteiger partial charge in [0.25, 0.3) is 0 Å². The van der Waals surface area contributed by atoms with Crippen molar-refractivity contribution in [1.82, 2.24) is 4.31 Å². The Morgan fingerprint density at radius 2 is 1.84 bits per heavy atom. The minimum absolute atomic E-state index is 0.00749. The SMILES string of the molecule is C=C/C=C(\C=C/C)S(=O)(=O)N(CC(C)C)C[C@@H](O)[C@@H]([NH3+])Cc1ccccc1.C[N+](=O)[O-]. The van der Waals surface area contributed by atoms with Gasteiger partial charge in [0.2, 0.25) is 10.0 Å². The van der Waals surface area contributed by atoms with Crippen LogP contribution in [0.2, 0.25) is 0 Å². The number of hydrogen-bond donors (Lipinski definition) is 2. The highest BCUT2D eigenvalue weighted by atomic mass is 32.2. The van der Waals surface area contributed by atoms with Gasteiger partial charge < -0.3 is 10.8 Å². The number of aliphatic hydroxyl groups excluding tert-OH is 1. The van der Waals surface area contributed by atoms with Gasteiger partial charge in [0, 0.05) is 24.4 Å². The van der Waals surface area contributed by atoms with Crippen LogP contribution < -0.4 is 5.73 Å². The van der Waals surface area contributed by atoms with Crippen molar-refractivity contribution in [3.63, 3.8) is 0 Å². The summed E-state index contributed by atoms with van der Waals surface area (Å²) in [4.78, 5) is 8.47. The lowest BCUT2D eigenvalue weighted by molar-refractivity contribution is -0.445. The van der Waals surface area contributed by atoms with E-state index in [0.717, 1.165) is 12.6 Å². The van der Waals surface area contributed by atoms with Gasteiger partial charge in [-0.2, -0.15) is 4.31 Å². The Hall–Kier alpha value is -2.33. The van der Waals surface area contributed by atoms with Gasteiger partial charge >= 0.3 is 0 Å². The molecule has 0 aliphatic heterocycles. The molecule has 2 atom stereocenters. The highest BCUT2D eigenvalue weighted by molar-refractivity contribution is 7.93. The maximum atomic E-state index is 13.1. The first-order valence-electron chi connectivity index (χ1n) is 10.0. The van der Waals surface area contributed by atoms with Crippen molar-refractivity contribution in [1.29, 1.82) is 0 Å². The lowest BCUT2D eigenvalue weighted by Crippen LogP contribution is -2.69. The van der Waals surface area contributed by atoms with Crippen LogP contribution in [0.4, 0.5) is 0 Å². The second-order valence-corrected chi connectivity index (χ2v) is 9.42. The van der Waals surface area contributed by atoms with Gasteiger partial charge in [-0.3, -0.25) is 10.1 Å². The summed E-state index contributed by atoms with van der Waals surface area (Å²) in [6.07, 6.45) is 5.87. The molecule has 174 valence electrons. The number of nitrogens with zero attached hydrogens (tertiary/aromatic N) is 2. The number of quaternary nitrogens is 1. The summed E-state index contributed by atoms with van der Waals surface area (Å²) in [6, 6.07) is 9.45. The molecule has 1 rings (SSSR count). The monoisotopic (exact) mass is 454 g/mol. The topological polar surface area (TPSA) is 128 Å². The Labute approximate surface area is 186 Å². The minimum atomic E-state index is -3.74. The Bertz CT molecular complexity index is 832. The van der Waals surface area contributed by atoms with Gasteiger partial charge in [0.1, 0.15) is 12.1 Å². The molecule has 0 heterocycles. The second kappa shape index (κ2) is 14.6. The number of allylic oxidation sites excluding steroid dienone is 4. The number of sulfonamides is 1. The Morgan fingerprint density at radius 1 is 1.29 bits per heavy atom. The molecule has 0 aliphatic rings. The number of hydrogen-bond acceptors (Lipinski definition) is 5. The van der Waals surface area contributed by atoms with Crippen LogP contribution in [0.25, 0.3) is 0 Å². The number of benzene rings is 1. The Balaban J connectivity index is 0.00000206. The Morgan fingerprint density at radius 3 is 2.29 bits per heavy atom. The summed E-state index contributed by atoms with van der Waals surface area (Å²) < 4.78 is 27.5. The highest BCUT2D eigenvalue weighted by Gasteiger charge is 2.31. The zero-order chi connectivity index (χ0) is 24.0. The van der Waals surface area contributed by atoms with Crippen LogP contribution in [-0.2, 0) is 16.4 Å². The molecule has 0 spiro atoms. The maximum absolute atomic E-state index is 13.1. The summed E-state index contributed by atoms with van der Waals surface area (Å²) in [5, 5.41) is 19.4. The zero-order valence-electron chi connectivity index (χ0n) is 18.8. The fourth-order valence-corrected chi connectivity index (χ4v) is 4.46.